The van der Waals surface area contributed by atoms with Gasteiger partial charge in [0.25, 0.3) is 0 Å². The quantitative estimate of drug-likeness (QED) is 0.503. The van der Waals surface area contributed by atoms with Crippen LogP contribution < -0.4 is 11.3 Å². The summed E-state index contributed by atoms with van der Waals surface area (Å²) in [7, 11) is 0. The van der Waals surface area contributed by atoms with E-state index in [2.05, 4.69) is 12.3 Å². The fourth-order valence-electron chi connectivity index (χ4n) is 1.01. The first kappa shape index (κ1) is 8.30. The van der Waals surface area contributed by atoms with E-state index in [0.29, 0.717) is 6.04 Å². The number of hydrazine groups is 1. The van der Waals surface area contributed by atoms with Gasteiger partial charge in [-0.2, -0.15) is 0 Å². The smallest absolute Gasteiger partial charge is 0.0935 e. The predicted octanol–water partition coefficient (Wildman–Crippen LogP) is 1.06. The van der Waals surface area contributed by atoms with Gasteiger partial charge < -0.3 is 4.42 Å². The van der Waals surface area contributed by atoms with Gasteiger partial charge in [0, 0.05) is 6.04 Å². The molecule has 1 unspecified atom stereocenters. The van der Waals surface area contributed by atoms with Gasteiger partial charge in [0.2, 0.25) is 0 Å². The lowest BCUT2D eigenvalue weighted by Gasteiger charge is -2.10. The van der Waals surface area contributed by atoms with Gasteiger partial charge in [-0.1, -0.05) is 6.92 Å². The summed E-state index contributed by atoms with van der Waals surface area (Å²) in [4.78, 5) is 0. The second-order valence-corrected chi connectivity index (χ2v) is 2.61. The molecule has 1 aromatic rings. The Balaban J connectivity index is 2.41. The van der Waals surface area contributed by atoms with E-state index in [0.717, 1.165) is 12.8 Å². The van der Waals surface area contributed by atoms with Crippen LogP contribution in [0.2, 0.25) is 0 Å². The molecule has 0 radical (unpaired) electrons. The van der Waals surface area contributed by atoms with Crippen LogP contribution >= 0.6 is 0 Å². The summed E-state index contributed by atoms with van der Waals surface area (Å²) in [5.41, 5.74) is 3.94. The number of hydrogen-bond donors (Lipinski definition) is 2. The summed E-state index contributed by atoms with van der Waals surface area (Å²) in [6.45, 7) is 2.10. The molecule has 62 valence electrons. The van der Waals surface area contributed by atoms with Crippen molar-refractivity contribution in [1.29, 1.82) is 0 Å². The Bertz CT molecular complexity index is 180. The molecule has 1 rings (SSSR count). The highest BCUT2D eigenvalue weighted by Gasteiger charge is 2.04. The number of nitrogens with two attached hydrogens (primary N) is 1. The monoisotopic (exact) mass is 154 g/mol. The van der Waals surface area contributed by atoms with Crippen LogP contribution in [-0.4, -0.2) is 6.04 Å². The maximum absolute atomic E-state index is 5.32. The highest BCUT2D eigenvalue weighted by Crippen LogP contribution is 2.05. The molecule has 1 atom stereocenters. The number of rotatable bonds is 4. The van der Waals surface area contributed by atoms with Crippen LogP contribution in [0.15, 0.2) is 23.0 Å². The molecular formula is C8H14N2O. The first-order valence-electron chi connectivity index (χ1n) is 3.84. The summed E-state index contributed by atoms with van der Waals surface area (Å²) in [5.74, 6) is 5.32. The lowest BCUT2D eigenvalue weighted by atomic mass is 10.1. The van der Waals surface area contributed by atoms with Crippen LogP contribution in [0.4, 0.5) is 0 Å². The summed E-state index contributed by atoms with van der Waals surface area (Å²) >= 11 is 0. The Kier molecular flexibility index (Phi) is 3.14. The van der Waals surface area contributed by atoms with Gasteiger partial charge in [0.05, 0.1) is 12.5 Å². The molecule has 3 heteroatoms. The maximum Gasteiger partial charge on any atom is 0.0935 e. The molecule has 0 amide bonds. The summed E-state index contributed by atoms with van der Waals surface area (Å²) < 4.78 is 4.94. The number of furan rings is 1. The molecule has 0 saturated heterocycles. The van der Waals surface area contributed by atoms with E-state index in [9.17, 15) is 0 Å². The van der Waals surface area contributed by atoms with Crippen molar-refractivity contribution in [3.8, 4) is 0 Å². The Morgan fingerprint density at radius 1 is 1.73 bits per heavy atom. The molecule has 3 N–H and O–H groups in total. The molecule has 0 aliphatic carbocycles. The number of hydrogen-bond acceptors (Lipinski definition) is 3. The highest BCUT2D eigenvalue weighted by atomic mass is 16.3. The third kappa shape index (κ3) is 2.37. The predicted molar refractivity (Wildman–Crippen MR) is 43.8 cm³/mol. The normalized spacial score (nSPS) is 13.3. The molecule has 0 aliphatic heterocycles. The first-order valence-corrected chi connectivity index (χ1v) is 3.84. The maximum atomic E-state index is 5.32. The van der Waals surface area contributed by atoms with E-state index >= 15 is 0 Å². The molecule has 1 aromatic heterocycles. The molecule has 0 fully saturated rings. The standard InChI is InChI=1S/C8H14N2O/c1-2-8(10-9)5-7-3-4-11-6-7/h3-4,6,8,10H,2,5,9H2,1H3. The SMILES string of the molecule is CCC(Cc1ccoc1)NN. The molecule has 0 bridgehead atoms. The van der Waals surface area contributed by atoms with Crippen LogP contribution in [0.3, 0.4) is 0 Å². The van der Waals surface area contributed by atoms with E-state index in [1.807, 2.05) is 6.07 Å². The minimum Gasteiger partial charge on any atom is -0.472 e. The van der Waals surface area contributed by atoms with E-state index in [1.165, 1.54) is 5.56 Å². The second kappa shape index (κ2) is 4.16. The third-order valence-corrected chi connectivity index (χ3v) is 1.79. The fraction of sp³-hybridized carbons (Fsp3) is 0.500. The van der Waals surface area contributed by atoms with Crippen LogP contribution in [0.5, 0.6) is 0 Å². The van der Waals surface area contributed by atoms with Gasteiger partial charge >= 0.3 is 0 Å². The first-order chi connectivity index (χ1) is 5.36. The summed E-state index contributed by atoms with van der Waals surface area (Å²) in [6.07, 6.45) is 5.39. The molecule has 0 aromatic carbocycles. The average molecular weight is 154 g/mol. The van der Waals surface area contributed by atoms with Crippen molar-refractivity contribution in [2.45, 2.75) is 25.8 Å². The molecule has 11 heavy (non-hydrogen) atoms. The Morgan fingerprint density at radius 3 is 3.00 bits per heavy atom. The van der Waals surface area contributed by atoms with Crippen molar-refractivity contribution in [1.82, 2.24) is 5.43 Å². The van der Waals surface area contributed by atoms with E-state index in [4.69, 9.17) is 10.3 Å². The lowest BCUT2D eigenvalue weighted by molar-refractivity contribution is 0.504. The zero-order valence-corrected chi connectivity index (χ0v) is 6.71. The minimum atomic E-state index is 0.354. The van der Waals surface area contributed by atoms with Crippen molar-refractivity contribution in [3.05, 3.63) is 24.2 Å². The van der Waals surface area contributed by atoms with E-state index in [-0.39, 0.29) is 0 Å². The largest absolute Gasteiger partial charge is 0.472 e. The second-order valence-electron chi connectivity index (χ2n) is 2.61. The minimum absolute atomic E-state index is 0.354. The molecule has 3 nitrogen and oxygen atoms in total. The Morgan fingerprint density at radius 2 is 2.55 bits per heavy atom. The lowest BCUT2D eigenvalue weighted by Crippen LogP contribution is -2.35. The van der Waals surface area contributed by atoms with Gasteiger partial charge in [-0.05, 0) is 24.5 Å². The Hall–Kier alpha value is -0.800. The van der Waals surface area contributed by atoms with Crippen molar-refractivity contribution in [3.63, 3.8) is 0 Å². The molecule has 0 spiro atoms. The van der Waals surface area contributed by atoms with Crippen LogP contribution in [-0.2, 0) is 6.42 Å². The summed E-state index contributed by atoms with van der Waals surface area (Å²) in [5, 5.41) is 0. The molecular weight excluding hydrogens is 140 g/mol. The van der Waals surface area contributed by atoms with Crippen LogP contribution in [0.25, 0.3) is 0 Å². The van der Waals surface area contributed by atoms with Gasteiger partial charge in [-0.3, -0.25) is 11.3 Å². The zero-order chi connectivity index (χ0) is 8.10. The molecule has 0 saturated carbocycles. The van der Waals surface area contributed by atoms with E-state index in [1.54, 1.807) is 12.5 Å². The fourth-order valence-corrected chi connectivity index (χ4v) is 1.01. The van der Waals surface area contributed by atoms with Gasteiger partial charge in [-0.15, -0.1) is 0 Å². The molecule has 1 heterocycles. The topological polar surface area (TPSA) is 51.2 Å². The zero-order valence-electron chi connectivity index (χ0n) is 6.71. The van der Waals surface area contributed by atoms with Gasteiger partial charge in [-0.25, -0.2) is 0 Å². The van der Waals surface area contributed by atoms with Crippen molar-refractivity contribution in [2.24, 2.45) is 5.84 Å². The summed E-state index contributed by atoms with van der Waals surface area (Å²) in [6, 6.07) is 2.31. The number of nitrogens with one attached hydrogen (secondary N) is 1. The third-order valence-electron chi connectivity index (χ3n) is 1.79. The molecule has 0 aliphatic rings. The van der Waals surface area contributed by atoms with Crippen LogP contribution in [0, 0.1) is 0 Å². The highest BCUT2D eigenvalue weighted by molar-refractivity contribution is 5.06. The van der Waals surface area contributed by atoms with Gasteiger partial charge in [0.1, 0.15) is 0 Å². The Labute approximate surface area is 66.5 Å². The van der Waals surface area contributed by atoms with Crippen LogP contribution in [0.1, 0.15) is 18.9 Å². The van der Waals surface area contributed by atoms with Gasteiger partial charge in [0.15, 0.2) is 0 Å². The average Bonchev–Trinajstić information content (AvgIpc) is 2.52. The van der Waals surface area contributed by atoms with Crippen molar-refractivity contribution in [2.75, 3.05) is 0 Å². The van der Waals surface area contributed by atoms with Crippen molar-refractivity contribution >= 4 is 0 Å². The van der Waals surface area contributed by atoms with Crippen molar-refractivity contribution < 1.29 is 4.42 Å². The van der Waals surface area contributed by atoms with E-state index < -0.39 is 0 Å².